The maximum atomic E-state index is 12.4. The third-order valence-corrected chi connectivity index (χ3v) is 4.80. The van der Waals surface area contributed by atoms with Crippen molar-refractivity contribution in [1.29, 1.82) is 0 Å². The van der Waals surface area contributed by atoms with Crippen LogP contribution in [-0.2, 0) is 0 Å². The van der Waals surface area contributed by atoms with E-state index in [1.807, 2.05) is 25.1 Å². The summed E-state index contributed by atoms with van der Waals surface area (Å²) in [6.07, 6.45) is 0.449. The molecule has 1 fully saturated rings. The number of aliphatic hydroxyl groups excluding tert-OH is 1. The lowest BCUT2D eigenvalue weighted by Gasteiger charge is -2.34. The van der Waals surface area contributed by atoms with Gasteiger partial charge in [0.15, 0.2) is 0 Å². The van der Waals surface area contributed by atoms with Gasteiger partial charge in [-0.05, 0) is 53.1 Å². The molecule has 1 heterocycles. The van der Waals surface area contributed by atoms with Gasteiger partial charge >= 0.3 is 0 Å². The predicted molar refractivity (Wildman–Crippen MR) is 82.6 cm³/mol. The number of hydrogen-bond donors (Lipinski definition) is 1. The van der Waals surface area contributed by atoms with Crippen molar-refractivity contribution < 1.29 is 9.90 Å². The number of rotatable bonds is 1. The van der Waals surface area contributed by atoms with Crippen molar-refractivity contribution >= 4 is 44.4 Å². The van der Waals surface area contributed by atoms with E-state index in [0.29, 0.717) is 12.1 Å². The molecule has 1 aliphatic heterocycles. The zero-order valence-corrected chi connectivity index (χ0v) is 13.8. The lowest BCUT2D eigenvalue weighted by molar-refractivity contribution is 0.0248. The SMILES string of the molecule is CC1CCN(C(=O)c2cc(Br)ccc2I)CC1O. The quantitative estimate of drug-likeness (QED) is 0.705. The number of carbonyl (C=O) groups is 1. The Morgan fingerprint density at radius 2 is 2.28 bits per heavy atom. The largest absolute Gasteiger partial charge is 0.391 e. The van der Waals surface area contributed by atoms with E-state index < -0.39 is 6.10 Å². The van der Waals surface area contributed by atoms with E-state index in [9.17, 15) is 9.90 Å². The van der Waals surface area contributed by atoms with E-state index in [1.54, 1.807) is 4.90 Å². The minimum atomic E-state index is -0.410. The van der Waals surface area contributed by atoms with E-state index in [4.69, 9.17) is 0 Å². The average Bonchev–Trinajstić information content (AvgIpc) is 2.35. The van der Waals surface area contributed by atoms with Crippen molar-refractivity contribution in [3.63, 3.8) is 0 Å². The number of amides is 1. The number of piperidine rings is 1. The Hall–Kier alpha value is -0.140. The van der Waals surface area contributed by atoms with Crippen LogP contribution in [-0.4, -0.2) is 35.1 Å². The van der Waals surface area contributed by atoms with E-state index >= 15 is 0 Å². The molecule has 1 N–H and O–H groups in total. The first-order chi connectivity index (χ1) is 8.49. The van der Waals surface area contributed by atoms with Gasteiger partial charge in [-0.25, -0.2) is 0 Å². The molecule has 0 spiro atoms. The van der Waals surface area contributed by atoms with Crippen LogP contribution in [0.15, 0.2) is 22.7 Å². The molecule has 1 saturated heterocycles. The van der Waals surface area contributed by atoms with Crippen LogP contribution in [0.3, 0.4) is 0 Å². The summed E-state index contributed by atoms with van der Waals surface area (Å²) < 4.78 is 1.84. The molecule has 0 radical (unpaired) electrons. The smallest absolute Gasteiger partial charge is 0.255 e. The summed E-state index contributed by atoms with van der Waals surface area (Å²) in [6.45, 7) is 3.18. The number of hydrogen-bond acceptors (Lipinski definition) is 2. The number of benzene rings is 1. The Kier molecular flexibility index (Phi) is 4.66. The number of β-amino-alcohol motifs (C(OH)–C–C–N with tert-alkyl or cyclic N) is 1. The van der Waals surface area contributed by atoms with Crippen molar-refractivity contribution in [3.8, 4) is 0 Å². The van der Waals surface area contributed by atoms with Gasteiger partial charge in [0, 0.05) is 21.1 Å². The molecular formula is C13H15BrINO2. The van der Waals surface area contributed by atoms with E-state index in [2.05, 4.69) is 38.5 Å². The third kappa shape index (κ3) is 3.05. The van der Waals surface area contributed by atoms with Gasteiger partial charge in [-0.3, -0.25) is 4.79 Å². The summed E-state index contributed by atoms with van der Waals surface area (Å²) in [4.78, 5) is 14.2. The van der Waals surface area contributed by atoms with Crippen molar-refractivity contribution in [2.24, 2.45) is 5.92 Å². The van der Waals surface area contributed by atoms with Crippen molar-refractivity contribution in [1.82, 2.24) is 4.90 Å². The Morgan fingerprint density at radius 1 is 1.56 bits per heavy atom. The molecular weight excluding hydrogens is 409 g/mol. The molecule has 2 atom stereocenters. The highest BCUT2D eigenvalue weighted by Crippen LogP contribution is 2.23. The van der Waals surface area contributed by atoms with Crippen LogP contribution in [0.4, 0.5) is 0 Å². The molecule has 98 valence electrons. The second-order valence-electron chi connectivity index (χ2n) is 4.71. The first-order valence-corrected chi connectivity index (χ1v) is 7.78. The lowest BCUT2D eigenvalue weighted by Crippen LogP contribution is -2.46. The van der Waals surface area contributed by atoms with Crippen molar-refractivity contribution in [2.75, 3.05) is 13.1 Å². The summed E-state index contributed by atoms with van der Waals surface area (Å²) in [5.74, 6) is 0.280. The minimum Gasteiger partial charge on any atom is -0.391 e. The molecule has 0 aliphatic carbocycles. The minimum absolute atomic E-state index is 0.00616. The van der Waals surface area contributed by atoms with Gasteiger partial charge in [-0.15, -0.1) is 0 Å². The zero-order chi connectivity index (χ0) is 13.3. The summed E-state index contributed by atoms with van der Waals surface area (Å²) in [5.41, 5.74) is 0.701. The second-order valence-corrected chi connectivity index (χ2v) is 6.79. The third-order valence-electron chi connectivity index (χ3n) is 3.36. The number of likely N-dealkylation sites (tertiary alicyclic amines) is 1. The maximum Gasteiger partial charge on any atom is 0.255 e. The monoisotopic (exact) mass is 423 g/mol. The Bertz CT molecular complexity index is 466. The topological polar surface area (TPSA) is 40.5 Å². The number of carbonyl (C=O) groups excluding carboxylic acids is 1. The van der Waals surface area contributed by atoms with Gasteiger partial charge in [-0.2, -0.15) is 0 Å². The normalized spacial score (nSPS) is 24.1. The standard InChI is InChI=1S/C13H15BrINO2/c1-8-4-5-16(7-12(8)17)13(18)10-6-9(14)2-3-11(10)15/h2-3,6,8,12,17H,4-5,7H2,1H3. The highest BCUT2D eigenvalue weighted by molar-refractivity contribution is 14.1. The van der Waals surface area contributed by atoms with E-state index in [1.165, 1.54) is 0 Å². The van der Waals surface area contributed by atoms with Crippen LogP contribution in [0.25, 0.3) is 0 Å². The van der Waals surface area contributed by atoms with Crippen molar-refractivity contribution in [3.05, 3.63) is 31.8 Å². The lowest BCUT2D eigenvalue weighted by atomic mass is 9.95. The van der Waals surface area contributed by atoms with Crippen LogP contribution in [0.2, 0.25) is 0 Å². The van der Waals surface area contributed by atoms with Gasteiger partial charge < -0.3 is 10.0 Å². The van der Waals surface area contributed by atoms with Gasteiger partial charge in [0.2, 0.25) is 0 Å². The molecule has 0 aromatic heterocycles. The summed E-state index contributed by atoms with van der Waals surface area (Å²) in [5, 5.41) is 9.86. The Balaban J connectivity index is 2.19. The summed E-state index contributed by atoms with van der Waals surface area (Å²) >= 11 is 5.55. The van der Waals surface area contributed by atoms with Gasteiger partial charge in [0.1, 0.15) is 0 Å². The van der Waals surface area contributed by atoms with E-state index in [0.717, 1.165) is 21.0 Å². The molecule has 0 bridgehead atoms. The molecule has 18 heavy (non-hydrogen) atoms. The fraction of sp³-hybridized carbons (Fsp3) is 0.462. The number of nitrogens with zero attached hydrogens (tertiary/aromatic N) is 1. The summed E-state index contributed by atoms with van der Waals surface area (Å²) in [7, 11) is 0. The fourth-order valence-corrected chi connectivity index (χ4v) is 2.99. The maximum absolute atomic E-state index is 12.4. The number of halogens is 2. The van der Waals surface area contributed by atoms with Gasteiger partial charge in [0.05, 0.1) is 11.7 Å². The number of aliphatic hydroxyl groups is 1. The van der Waals surface area contributed by atoms with Crippen LogP contribution in [0, 0.1) is 9.49 Å². The summed E-state index contributed by atoms with van der Waals surface area (Å²) in [6, 6.07) is 5.68. The Labute approximate surface area is 129 Å². The molecule has 1 aromatic rings. The molecule has 1 amide bonds. The molecule has 5 heteroatoms. The average molecular weight is 424 g/mol. The first-order valence-electron chi connectivity index (χ1n) is 5.91. The second kappa shape index (κ2) is 5.88. The molecule has 1 aliphatic rings. The molecule has 2 rings (SSSR count). The molecule has 1 aromatic carbocycles. The highest BCUT2D eigenvalue weighted by Gasteiger charge is 2.28. The first kappa shape index (κ1) is 14.3. The van der Waals surface area contributed by atoms with E-state index in [-0.39, 0.29) is 11.8 Å². The Morgan fingerprint density at radius 3 is 2.94 bits per heavy atom. The molecule has 2 unspecified atom stereocenters. The molecule has 0 saturated carbocycles. The van der Waals surface area contributed by atoms with Crippen LogP contribution in [0.1, 0.15) is 23.7 Å². The highest BCUT2D eigenvalue weighted by atomic mass is 127. The van der Waals surface area contributed by atoms with Crippen LogP contribution < -0.4 is 0 Å². The molecule has 3 nitrogen and oxygen atoms in total. The predicted octanol–water partition coefficient (Wildman–Crippen LogP) is 2.90. The van der Waals surface area contributed by atoms with Gasteiger partial charge in [-0.1, -0.05) is 22.9 Å². The van der Waals surface area contributed by atoms with Gasteiger partial charge in [0.25, 0.3) is 5.91 Å². The van der Waals surface area contributed by atoms with Crippen molar-refractivity contribution in [2.45, 2.75) is 19.4 Å². The zero-order valence-electron chi connectivity index (χ0n) is 10.1. The van der Waals surface area contributed by atoms with Crippen LogP contribution >= 0.6 is 38.5 Å². The fourth-order valence-electron chi connectivity index (χ4n) is 2.07. The van der Waals surface area contributed by atoms with Crippen LogP contribution in [0.5, 0.6) is 0 Å².